The molecule has 1 aromatic carbocycles. The molecule has 0 bridgehead atoms. The van der Waals surface area contributed by atoms with Crippen molar-refractivity contribution in [2.24, 2.45) is 0 Å². The van der Waals surface area contributed by atoms with E-state index in [0.29, 0.717) is 5.69 Å². The van der Waals surface area contributed by atoms with Gasteiger partial charge in [0.2, 0.25) is 0 Å². The molecule has 2 N–H and O–H groups in total. The maximum atomic E-state index is 13.4. The Bertz CT molecular complexity index is 675. The van der Waals surface area contributed by atoms with E-state index >= 15 is 0 Å². The third-order valence-electron chi connectivity index (χ3n) is 2.50. The predicted molar refractivity (Wildman–Crippen MR) is 66.1 cm³/mol. The maximum absolute atomic E-state index is 13.4. The second-order valence-electron chi connectivity index (χ2n) is 3.94. The number of benzene rings is 1. The number of aryl methyl sites for hydroxylation is 1. The number of nitrogens with one attached hydrogen (secondary N) is 2. The van der Waals surface area contributed by atoms with Crippen LogP contribution in [0.15, 0.2) is 35.3 Å². The Hall–Kier alpha value is -2.50. The number of para-hydroxylation sites is 1. The van der Waals surface area contributed by atoms with Crippen molar-refractivity contribution in [3.05, 3.63) is 63.6 Å². The highest BCUT2D eigenvalue weighted by Gasteiger charge is 2.15. The summed E-state index contributed by atoms with van der Waals surface area (Å²) in [5, 5.41) is 2.05. The molecule has 2 rings (SSSR count). The minimum atomic E-state index is -0.906. The van der Waals surface area contributed by atoms with Gasteiger partial charge in [0.1, 0.15) is 22.9 Å². The van der Waals surface area contributed by atoms with E-state index in [0.717, 1.165) is 12.1 Å². The Morgan fingerprint density at radius 3 is 2.47 bits per heavy atom. The average Bonchev–Trinajstić information content (AvgIpc) is 2.33. The molecule has 0 saturated carbocycles. The first-order valence-corrected chi connectivity index (χ1v) is 5.43. The molecule has 0 aliphatic heterocycles. The number of H-pyrrole nitrogens is 1. The van der Waals surface area contributed by atoms with Crippen LogP contribution in [0.3, 0.4) is 0 Å². The molecule has 1 amide bonds. The SMILES string of the molecule is Cc1cc(=O)c(C(=O)Nc2c(F)cccc2F)c[nH]1. The summed E-state index contributed by atoms with van der Waals surface area (Å²) in [6, 6.07) is 4.43. The van der Waals surface area contributed by atoms with Crippen LogP contribution in [-0.2, 0) is 0 Å². The summed E-state index contributed by atoms with van der Waals surface area (Å²) in [6.45, 7) is 1.65. The Labute approximate surface area is 107 Å². The number of anilines is 1. The van der Waals surface area contributed by atoms with Crippen molar-refractivity contribution in [3.63, 3.8) is 0 Å². The number of rotatable bonds is 2. The van der Waals surface area contributed by atoms with Crippen molar-refractivity contribution in [2.75, 3.05) is 5.32 Å². The summed E-state index contributed by atoms with van der Waals surface area (Å²) in [7, 11) is 0. The fraction of sp³-hybridized carbons (Fsp3) is 0.0769. The number of amides is 1. The number of hydrogen-bond acceptors (Lipinski definition) is 2. The normalized spacial score (nSPS) is 10.3. The van der Waals surface area contributed by atoms with E-state index in [1.165, 1.54) is 18.3 Å². The quantitative estimate of drug-likeness (QED) is 0.873. The molecule has 0 aliphatic carbocycles. The molecule has 6 heteroatoms. The molecular formula is C13H10F2N2O2. The molecular weight excluding hydrogens is 254 g/mol. The first kappa shape index (κ1) is 12.9. The first-order chi connectivity index (χ1) is 8.99. The summed E-state index contributed by atoms with van der Waals surface area (Å²) in [4.78, 5) is 26.0. The zero-order valence-electron chi connectivity index (χ0n) is 9.96. The molecule has 0 atom stereocenters. The van der Waals surface area contributed by atoms with Gasteiger partial charge in [-0.3, -0.25) is 9.59 Å². The number of hydrogen-bond donors (Lipinski definition) is 2. The molecule has 1 aromatic heterocycles. The standard InChI is InChI=1S/C13H10F2N2O2/c1-7-5-11(18)8(6-16-7)13(19)17-12-9(14)3-2-4-10(12)15/h2-6H,1H3,(H,16,18)(H,17,19). The molecule has 4 nitrogen and oxygen atoms in total. The lowest BCUT2D eigenvalue weighted by molar-refractivity contribution is 0.102. The van der Waals surface area contributed by atoms with Crippen LogP contribution in [0.4, 0.5) is 14.5 Å². The minimum absolute atomic E-state index is 0.215. The Morgan fingerprint density at radius 1 is 1.26 bits per heavy atom. The van der Waals surface area contributed by atoms with Crippen LogP contribution in [0, 0.1) is 18.6 Å². The van der Waals surface area contributed by atoms with Gasteiger partial charge in [-0.15, -0.1) is 0 Å². The number of aromatic nitrogens is 1. The number of pyridine rings is 1. The van der Waals surface area contributed by atoms with Crippen LogP contribution in [0.5, 0.6) is 0 Å². The molecule has 0 unspecified atom stereocenters. The second kappa shape index (κ2) is 5.01. The van der Waals surface area contributed by atoms with E-state index in [2.05, 4.69) is 4.98 Å². The van der Waals surface area contributed by atoms with Crippen molar-refractivity contribution < 1.29 is 13.6 Å². The molecule has 19 heavy (non-hydrogen) atoms. The van der Waals surface area contributed by atoms with Gasteiger partial charge in [0.25, 0.3) is 5.91 Å². The Morgan fingerprint density at radius 2 is 1.89 bits per heavy atom. The van der Waals surface area contributed by atoms with Gasteiger partial charge in [-0.05, 0) is 19.1 Å². The van der Waals surface area contributed by atoms with Crippen molar-refractivity contribution in [1.82, 2.24) is 4.98 Å². The topological polar surface area (TPSA) is 62.0 Å². The lowest BCUT2D eigenvalue weighted by Crippen LogP contribution is -2.22. The van der Waals surface area contributed by atoms with Gasteiger partial charge in [-0.1, -0.05) is 6.07 Å². The van der Waals surface area contributed by atoms with Gasteiger partial charge in [0, 0.05) is 18.0 Å². The van der Waals surface area contributed by atoms with E-state index < -0.39 is 28.7 Å². The molecule has 98 valence electrons. The van der Waals surface area contributed by atoms with Crippen LogP contribution < -0.4 is 10.7 Å². The largest absolute Gasteiger partial charge is 0.364 e. The summed E-state index contributed by atoms with van der Waals surface area (Å²) in [6.07, 6.45) is 1.20. The summed E-state index contributed by atoms with van der Waals surface area (Å²) in [5.41, 5.74) is -0.732. The monoisotopic (exact) mass is 264 g/mol. The number of carbonyl (C=O) groups is 1. The summed E-state index contributed by atoms with van der Waals surface area (Å²) < 4.78 is 26.7. The number of aromatic amines is 1. The van der Waals surface area contributed by atoms with Gasteiger partial charge in [0.05, 0.1) is 0 Å². The van der Waals surface area contributed by atoms with Gasteiger partial charge in [-0.2, -0.15) is 0 Å². The van der Waals surface area contributed by atoms with E-state index in [9.17, 15) is 18.4 Å². The zero-order chi connectivity index (χ0) is 14.0. The van der Waals surface area contributed by atoms with E-state index in [1.54, 1.807) is 6.92 Å². The minimum Gasteiger partial charge on any atom is -0.364 e. The summed E-state index contributed by atoms with van der Waals surface area (Å²) >= 11 is 0. The Kier molecular flexibility index (Phi) is 3.41. The molecule has 0 spiro atoms. The first-order valence-electron chi connectivity index (χ1n) is 5.43. The maximum Gasteiger partial charge on any atom is 0.261 e. The third-order valence-corrected chi connectivity index (χ3v) is 2.50. The predicted octanol–water partition coefficient (Wildman–Crippen LogP) is 2.21. The third kappa shape index (κ3) is 2.67. The molecule has 2 aromatic rings. The van der Waals surface area contributed by atoms with Crippen molar-refractivity contribution in [1.29, 1.82) is 0 Å². The van der Waals surface area contributed by atoms with Gasteiger partial charge in [0.15, 0.2) is 5.43 Å². The van der Waals surface area contributed by atoms with Gasteiger partial charge >= 0.3 is 0 Å². The van der Waals surface area contributed by atoms with Crippen molar-refractivity contribution in [3.8, 4) is 0 Å². The summed E-state index contributed by atoms with van der Waals surface area (Å²) in [5.74, 6) is -2.68. The number of halogens is 2. The highest BCUT2D eigenvalue weighted by atomic mass is 19.1. The molecule has 0 saturated heterocycles. The van der Waals surface area contributed by atoms with Crippen LogP contribution in [0.25, 0.3) is 0 Å². The van der Waals surface area contributed by atoms with Crippen molar-refractivity contribution >= 4 is 11.6 Å². The molecule has 0 radical (unpaired) electrons. The smallest absolute Gasteiger partial charge is 0.261 e. The molecule has 0 aliphatic rings. The molecule has 0 fully saturated rings. The Balaban J connectivity index is 2.34. The van der Waals surface area contributed by atoms with Gasteiger partial charge < -0.3 is 10.3 Å². The van der Waals surface area contributed by atoms with E-state index in [-0.39, 0.29) is 5.56 Å². The fourth-order valence-electron chi connectivity index (χ4n) is 1.55. The highest BCUT2D eigenvalue weighted by Crippen LogP contribution is 2.18. The zero-order valence-corrected chi connectivity index (χ0v) is 9.96. The fourth-order valence-corrected chi connectivity index (χ4v) is 1.55. The van der Waals surface area contributed by atoms with Gasteiger partial charge in [-0.25, -0.2) is 8.78 Å². The van der Waals surface area contributed by atoms with Crippen LogP contribution in [-0.4, -0.2) is 10.9 Å². The van der Waals surface area contributed by atoms with Crippen LogP contribution in [0.2, 0.25) is 0 Å². The van der Waals surface area contributed by atoms with E-state index in [1.807, 2.05) is 5.32 Å². The van der Waals surface area contributed by atoms with Crippen LogP contribution in [0.1, 0.15) is 16.1 Å². The average molecular weight is 264 g/mol. The second-order valence-corrected chi connectivity index (χ2v) is 3.94. The van der Waals surface area contributed by atoms with E-state index in [4.69, 9.17) is 0 Å². The molecule has 1 heterocycles. The highest BCUT2D eigenvalue weighted by molar-refractivity contribution is 6.04. The number of carbonyl (C=O) groups excluding carboxylic acids is 1. The lowest BCUT2D eigenvalue weighted by Gasteiger charge is -2.07. The van der Waals surface area contributed by atoms with Crippen LogP contribution >= 0.6 is 0 Å². The lowest BCUT2D eigenvalue weighted by atomic mass is 10.2. The van der Waals surface area contributed by atoms with Crippen molar-refractivity contribution in [2.45, 2.75) is 6.92 Å².